The monoisotopic (exact) mass is 422 g/mol. The van der Waals surface area contributed by atoms with Crippen LogP contribution in [0.15, 0.2) is 72.8 Å². The molecule has 0 aliphatic rings. The van der Waals surface area contributed by atoms with E-state index in [1.54, 1.807) is 4.90 Å². The maximum Gasteiger partial charge on any atom is 0.267 e. The van der Waals surface area contributed by atoms with Crippen molar-refractivity contribution in [2.45, 2.75) is 13.5 Å². The molecule has 0 bridgehead atoms. The van der Waals surface area contributed by atoms with Gasteiger partial charge in [0.2, 0.25) is 0 Å². The minimum atomic E-state index is -0.162. The van der Waals surface area contributed by atoms with Crippen LogP contribution in [0.1, 0.15) is 11.1 Å². The predicted octanol–water partition coefficient (Wildman–Crippen LogP) is 5.87. The number of anilines is 1. The van der Waals surface area contributed by atoms with Crippen LogP contribution in [0.2, 0.25) is 5.02 Å². The largest absolute Gasteiger partial charge is 0.484 e. The lowest BCUT2D eigenvalue weighted by molar-refractivity contribution is -0.120. The number of hydrogen-bond acceptors (Lipinski definition) is 4. The number of nitrogens with zero attached hydrogens (tertiary/aromatic N) is 2. The number of aryl methyl sites for hydroxylation is 1. The molecule has 0 aliphatic heterocycles. The van der Waals surface area contributed by atoms with E-state index in [0.29, 0.717) is 22.4 Å². The Balaban J connectivity index is 1.65. The van der Waals surface area contributed by atoms with Gasteiger partial charge in [0.1, 0.15) is 5.75 Å². The second-order valence-electron chi connectivity index (χ2n) is 6.61. The molecule has 0 fully saturated rings. The highest BCUT2D eigenvalue weighted by Crippen LogP contribution is 2.36. The van der Waals surface area contributed by atoms with Crippen LogP contribution in [0.25, 0.3) is 10.2 Å². The van der Waals surface area contributed by atoms with Gasteiger partial charge < -0.3 is 4.74 Å². The smallest absolute Gasteiger partial charge is 0.267 e. The molecule has 6 heteroatoms. The molecule has 0 N–H and O–H groups in total. The normalized spacial score (nSPS) is 10.8. The molecule has 1 heterocycles. The second kappa shape index (κ2) is 8.64. The molecule has 3 aromatic carbocycles. The van der Waals surface area contributed by atoms with E-state index in [9.17, 15) is 4.79 Å². The Morgan fingerprint density at radius 3 is 2.41 bits per heavy atom. The number of ether oxygens (including phenoxy) is 1. The number of halogens is 1. The molecule has 0 atom stereocenters. The Morgan fingerprint density at radius 2 is 1.72 bits per heavy atom. The van der Waals surface area contributed by atoms with Crippen molar-refractivity contribution in [1.82, 2.24) is 4.98 Å². The van der Waals surface area contributed by atoms with E-state index in [4.69, 9.17) is 21.3 Å². The Bertz CT molecular complexity index is 1090. The molecule has 4 nitrogen and oxygen atoms in total. The van der Waals surface area contributed by atoms with Crippen molar-refractivity contribution < 1.29 is 9.53 Å². The first-order valence-corrected chi connectivity index (χ1v) is 10.4. The van der Waals surface area contributed by atoms with Crippen molar-refractivity contribution in [2.24, 2.45) is 0 Å². The summed E-state index contributed by atoms with van der Waals surface area (Å²) in [4.78, 5) is 19.5. The first-order valence-electron chi connectivity index (χ1n) is 9.19. The van der Waals surface area contributed by atoms with Gasteiger partial charge in [-0.1, -0.05) is 77.5 Å². The highest BCUT2D eigenvalue weighted by atomic mass is 35.5. The van der Waals surface area contributed by atoms with E-state index in [2.05, 4.69) is 0 Å². The molecule has 0 saturated heterocycles. The van der Waals surface area contributed by atoms with E-state index >= 15 is 0 Å². The van der Waals surface area contributed by atoms with Crippen LogP contribution in [0.3, 0.4) is 0 Å². The van der Waals surface area contributed by atoms with Gasteiger partial charge in [0, 0.05) is 0 Å². The van der Waals surface area contributed by atoms with Gasteiger partial charge >= 0.3 is 0 Å². The van der Waals surface area contributed by atoms with Crippen LogP contribution < -0.4 is 9.64 Å². The van der Waals surface area contributed by atoms with Crippen LogP contribution in [0, 0.1) is 6.92 Å². The van der Waals surface area contributed by atoms with Crippen molar-refractivity contribution in [3.05, 3.63) is 88.9 Å². The summed E-state index contributed by atoms with van der Waals surface area (Å²) in [6, 6.07) is 23.0. The highest BCUT2D eigenvalue weighted by Gasteiger charge is 2.22. The second-order valence-corrected chi connectivity index (χ2v) is 7.99. The number of para-hydroxylation sites is 1. The minimum Gasteiger partial charge on any atom is -0.484 e. The molecule has 1 aromatic heterocycles. The lowest BCUT2D eigenvalue weighted by Gasteiger charge is -2.20. The number of rotatable bonds is 6. The number of amides is 1. The van der Waals surface area contributed by atoms with E-state index < -0.39 is 0 Å². The standard InChI is InChI=1S/C23H19ClN2O2S/c1-16-12-13-19(24)22-21(16)25-23(29-22)26(14-17-8-4-2-5-9-17)20(27)15-28-18-10-6-3-7-11-18/h2-13H,14-15H2,1H3. The van der Waals surface area contributed by atoms with Gasteiger partial charge in [0.25, 0.3) is 5.91 Å². The summed E-state index contributed by atoms with van der Waals surface area (Å²) in [5.41, 5.74) is 2.87. The molecule has 0 aliphatic carbocycles. The summed E-state index contributed by atoms with van der Waals surface area (Å²) in [5.74, 6) is 0.495. The molecule has 146 valence electrons. The van der Waals surface area contributed by atoms with Gasteiger partial charge in [0.15, 0.2) is 11.7 Å². The molecule has 4 rings (SSSR count). The van der Waals surface area contributed by atoms with Crippen LogP contribution in [0.4, 0.5) is 5.13 Å². The number of carbonyl (C=O) groups is 1. The molecule has 29 heavy (non-hydrogen) atoms. The van der Waals surface area contributed by atoms with E-state index in [-0.39, 0.29) is 12.5 Å². The number of fused-ring (bicyclic) bond motifs is 1. The number of aromatic nitrogens is 1. The van der Waals surface area contributed by atoms with Crippen LogP contribution >= 0.6 is 22.9 Å². The molecule has 0 unspecified atom stereocenters. The third kappa shape index (κ3) is 4.42. The van der Waals surface area contributed by atoms with Gasteiger partial charge in [-0.15, -0.1) is 0 Å². The number of carbonyl (C=O) groups excluding carboxylic acids is 1. The van der Waals surface area contributed by atoms with Crippen LogP contribution in [-0.2, 0) is 11.3 Å². The molecule has 0 saturated carbocycles. The zero-order valence-electron chi connectivity index (χ0n) is 15.8. The third-order valence-corrected chi connectivity index (χ3v) is 6.05. The predicted molar refractivity (Wildman–Crippen MR) is 119 cm³/mol. The van der Waals surface area contributed by atoms with Crippen molar-refractivity contribution in [3.63, 3.8) is 0 Å². The summed E-state index contributed by atoms with van der Waals surface area (Å²) in [6.07, 6.45) is 0. The average Bonchev–Trinajstić information content (AvgIpc) is 3.21. The van der Waals surface area contributed by atoms with Crippen molar-refractivity contribution >= 4 is 44.2 Å². The van der Waals surface area contributed by atoms with E-state index in [1.807, 2.05) is 79.7 Å². The number of thiazole rings is 1. The summed E-state index contributed by atoms with van der Waals surface area (Å²) >= 11 is 7.79. The first kappa shape index (κ1) is 19.4. The molecular formula is C23H19ClN2O2S. The fraction of sp³-hybridized carbons (Fsp3) is 0.130. The fourth-order valence-electron chi connectivity index (χ4n) is 2.97. The van der Waals surface area contributed by atoms with Crippen molar-refractivity contribution in [1.29, 1.82) is 0 Å². The van der Waals surface area contributed by atoms with Gasteiger partial charge in [-0.3, -0.25) is 9.69 Å². The Morgan fingerprint density at radius 1 is 1.03 bits per heavy atom. The molecule has 0 spiro atoms. The maximum atomic E-state index is 13.1. The van der Waals surface area contributed by atoms with Crippen molar-refractivity contribution in [2.75, 3.05) is 11.5 Å². The number of benzene rings is 3. The molecule has 4 aromatic rings. The quantitative estimate of drug-likeness (QED) is 0.390. The zero-order chi connectivity index (χ0) is 20.2. The summed E-state index contributed by atoms with van der Waals surface area (Å²) < 4.78 is 6.57. The lowest BCUT2D eigenvalue weighted by atomic mass is 10.2. The van der Waals surface area contributed by atoms with Gasteiger partial charge in [0.05, 0.1) is 21.8 Å². The Labute approximate surface area is 178 Å². The molecular weight excluding hydrogens is 404 g/mol. The van der Waals surface area contributed by atoms with E-state index in [0.717, 1.165) is 21.3 Å². The Hall–Kier alpha value is -2.89. The van der Waals surface area contributed by atoms with Crippen molar-refractivity contribution in [3.8, 4) is 5.75 Å². The summed E-state index contributed by atoms with van der Waals surface area (Å²) in [6.45, 7) is 2.33. The van der Waals surface area contributed by atoms with Gasteiger partial charge in [-0.25, -0.2) is 4.98 Å². The minimum absolute atomic E-state index is 0.0700. The SMILES string of the molecule is Cc1ccc(Cl)c2sc(N(Cc3ccccc3)C(=O)COc3ccccc3)nc12. The van der Waals surface area contributed by atoms with Gasteiger partial charge in [-0.05, 0) is 36.2 Å². The van der Waals surface area contributed by atoms with Gasteiger partial charge in [-0.2, -0.15) is 0 Å². The maximum absolute atomic E-state index is 13.1. The lowest BCUT2D eigenvalue weighted by Crippen LogP contribution is -2.34. The highest BCUT2D eigenvalue weighted by molar-refractivity contribution is 7.23. The summed E-state index contributed by atoms with van der Waals surface area (Å²) in [5, 5.41) is 1.25. The zero-order valence-corrected chi connectivity index (χ0v) is 17.4. The topological polar surface area (TPSA) is 42.4 Å². The first-order chi connectivity index (χ1) is 14.1. The summed E-state index contributed by atoms with van der Waals surface area (Å²) in [7, 11) is 0. The van der Waals surface area contributed by atoms with Crippen LogP contribution in [-0.4, -0.2) is 17.5 Å². The third-order valence-electron chi connectivity index (χ3n) is 4.51. The number of hydrogen-bond donors (Lipinski definition) is 0. The molecule has 1 amide bonds. The molecule has 0 radical (unpaired) electrons. The fourth-order valence-corrected chi connectivity index (χ4v) is 4.31. The van der Waals surface area contributed by atoms with Crippen LogP contribution in [0.5, 0.6) is 5.75 Å². The Kier molecular flexibility index (Phi) is 5.79. The average molecular weight is 423 g/mol. The van der Waals surface area contributed by atoms with E-state index in [1.165, 1.54) is 11.3 Å².